The largest absolute Gasteiger partial charge is 0.350 e. The number of hydrogen-bond acceptors (Lipinski definition) is 4. The van der Waals surface area contributed by atoms with Crippen LogP contribution in [-0.4, -0.2) is 43.3 Å². The third kappa shape index (κ3) is 8.20. The lowest BCUT2D eigenvalue weighted by molar-refractivity contribution is -0.140. The molecule has 0 bridgehead atoms. The van der Waals surface area contributed by atoms with Gasteiger partial charge in [-0.1, -0.05) is 69.5 Å². The first-order valence-corrected chi connectivity index (χ1v) is 15.1. The highest BCUT2D eigenvalue weighted by Crippen LogP contribution is 2.28. The van der Waals surface area contributed by atoms with E-state index in [0.29, 0.717) is 25.8 Å². The molecule has 39 heavy (non-hydrogen) atoms. The quantitative estimate of drug-likeness (QED) is 0.294. The number of benzene rings is 3. The van der Waals surface area contributed by atoms with Crippen LogP contribution in [0.5, 0.6) is 0 Å². The maximum atomic E-state index is 13.9. The van der Waals surface area contributed by atoms with E-state index in [9.17, 15) is 18.0 Å². The topological polar surface area (TPSA) is 86.8 Å². The molecule has 7 nitrogen and oxygen atoms in total. The molecule has 0 saturated carbocycles. The third-order valence-electron chi connectivity index (χ3n) is 5.71. The van der Waals surface area contributed by atoms with Crippen molar-refractivity contribution in [1.82, 2.24) is 10.2 Å². The van der Waals surface area contributed by atoms with Crippen LogP contribution in [0, 0.1) is 0 Å². The van der Waals surface area contributed by atoms with Crippen LogP contribution in [0.25, 0.3) is 0 Å². The molecule has 0 spiro atoms. The van der Waals surface area contributed by atoms with Gasteiger partial charge in [0.25, 0.3) is 10.0 Å². The van der Waals surface area contributed by atoms with Crippen LogP contribution in [0.1, 0.15) is 33.3 Å². The summed E-state index contributed by atoms with van der Waals surface area (Å²) >= 11 is 15.7. The highest BCUT2D eigenvalue weighted by atomic mass is 79.9. The number of nitrogens with zero attached hydrogens (tertiary/aromatic N) is 2. The fourth-order valence-electron chi connectivity index (χ4n) is 3.77. The smallest absolute Gasteiger partial charge is 0.264 e. The Kier molecular flexibility index (Phi) is 10.1. The molecule has 0 aliphatic rings. The molecule has 0 aliphatic carbocycles. The number of rotatable bonds is 9. The van der Waals surface area contributed by atoms with Gasteiger partial charge in [0, 0.05) is 16.6 Å². The molecular formula is C28H30BrCl2N3O4S. The molecule has 0 heterocycles. The molecule has 3 aromatic carbocycles. The summed E-state index contributed by atoms with van der Waals surface area (Å²) in [6, 6.07) is 18.6. The number of nitrogens with one attached hydrogen (secondary N) is 1. The summed E-state index contributed by atoms with van der Waals surface area (Å²) < 4.78 is 29.2. The maximum absolute atomic E-state index is 13.9. The summed E-state index contributed by atoms with van der Waals surface area (Å²) in [5, 5.41) is 3.55. The van der Waals surface area contributed by atoms with Crippen LogP contribution in [0.2, 0.25) is 10.0 Å². The van der Waals surface area contributed by atoms with Gasteiger partial charge in [-0.25, -0.2) is 8.42 Å². The van der Waals surface area contributed by atoms with Gasteiger partial charge < -0.3 is 10.2 Å². The summed E-state index contributed by atoms with van der Waals surface area (Å²) in [4.78, 5) is 28.4. The normalized spacial score (nSPS) is 12.5. The highest BCUT2D eigenvalue weighted by molar-refractivity contribution is 9.10. The van der Waals surface area contributed by atoms with Gasteiger partial charge in [-0.15, -0.1) is 0 Å². The van der Waals surface area contributed by atoms with Gasteiger partial charge in [-0.3, -0.25) is 13.9 Å². The van der Waals surface area contributed by atoms with E-state index in [1.165, 1.54) is 17.0 Å². The van der Waals surface area contributed by atoms with Crippen LogP contribution in [-0.2, 0) is 26.2 Å². The average molecular weight is 655 g/mol. The Balaban J connectivity index is 2.04. The second-order valence-electron chi connectivity index (χ2n) is 9.99. The van der Waals surface area contributed by atoms with Crippen molar-refractivity contribution in [2.75, 3.05) is 10.8 Å². The Morgan fingerprint density at radius 1 is 0.949 bits per heavy atom. The van der Waals surface area contributed by atoms with E-state index in [1.54, 1.807) is 67.6 Å². The molecule has 1 N–H and O–H groups in total. The van der Waals surface area contributed by atoms with Crippen molar-refractivity contribution < 1.29 is 18.0 Å². The molecule has 0 fully saturated rings. The number of carbonyl (C=O) groups is 2. The van der Waals surface area contributed by atoms with Crippen LogP contribution >= 0.6 is 39.1 Å². The lowest BCUT2D eigenvalue weighted by Gasteiger charge is -2.33. The summed E-state index contributed by atoms with van der Waals surface area (Å²) in [6.45, 7) is 6.58. The second kappa shape index (κ2) is 12.7. The number of hydrogen-bond donors (Lipinski definition) is 1. The molecule has 11 heteroatoms. The summed E-state index contributed by atoms with van der Waals surface area (Å²) in [6.07, 6.45) is 0. The van der Waals surface area contributed by atoms with E-state index in [4.69, 9.17) is 23.2 Å². The monoisotopic (exact) mass is 653 g/mol. The highest BCUT2D eigenvalue weighted by Gasteiger charge is 2.33. The van der Waals surface area contributed by atoms with Gasteiger partial charge in [0.2, 0.25) is 11.8 Å². The minimum Gasteiger partial charge on any atom is -0.350 e. The molecule has 3 rings (SSSR count). The van der Waals surface area contributed by atoms with Crippen molar-refractivity contribution in [3.63, 3.8) is 0 Å². The lowest BCUT2D eigenvalue weighted by Crippen LogP contribution is -2.54. The van der Waals surface area contributed by atoms with E-state index < -0.39 is 34.1 Å². The molecule has 0 aromatic heterocycles. The third-order valence-corrected chi connectivity index (χ3v) is 8.73. The summed E-state index contributed by atoms with van der Waals surface area (Å²) in [5.74, 6) is -0.951. The lowest BCUT2D eigenvalue weighted by atomic mass is 10.1. The minimum atomic E-state index is -4.13. The van der Waals surface area contributed by atoms with E-state index in [-0.39, 0.29) is 17.3 Å². The first-order valence-electron chi connectivity index (χ1n) is 12.1. The second-order valence-corrected chi connectivity index (χ2v) is 13.6. The SMILES string of the molecule is C[C@@H](C(=O)NC(C)(C)C)N(Cc1ccc(Cl)c(Cl)c1)C(=O)CN(c1cccc(Br)c1)S(=O)(=O)c1ccccc1. The number of halogens is 3. The van der Waals surface area contributed by atoms with Gasteiger partial charge in [0.1, 0.15) is 12.6 Å². The number of amides is 2. The van der Waals surface area contributed by atoms with Crippen molar-refractivity contribution in [3.05, 3.63) is 92.9 Å². The molecule has 0 unspecified atom stereocenters. The predicted molar refractivity (Wildman–Crippen MR) is 159 cm³/mol. The van der Waals surface area contributed by atoms with Gasteiger partial charge in [-0.05, 0) is 75.7 Å². The molecule has 2 amide bonds. The zero-order valence-electron chi connectivity index (χ0n) is 22.0. The average Bonchev–Trinajstić information content (AvgIpc) is 2.86. The molecule has 0 aliphatic heterocycles. The standard InChI is InChI=1S/C28H30BrCl2N3O4S/c1-19(27(36)32-28(2,3)4)33(17-20-13-14-24(30)25(31)15-20)26(35)18-34(22-10-8-9-21(29)16-22)39(37,38)23-11-6-5-7-12-23/h5-16,19H,17-18H2,1-4H3,(H,32,36)/t19-/m0/s1. The van der Waals surface area contributed by atoms with Crippen molar-refractivity contribution in [2.45, 2.75) is 50.7 Å². The fraction of sp³-hybridized carbons (Fsp3) is 0.286. The van der Waals surface area contributed by atoms with E-state index in [2.05, 4.69) is 21.2 Å². The van der Waals surface area contributed by atoms with Crippen LogP contribution in [0.3, 0.4) is 0 Å². The predicted octanol–water partition coefficient (Wildman–Crippen LogP) is 6.28. The van der Waals surface area contributed by atoms with E-state index in [1.807, 2.05) is 20.8 Å². The number of anilines is 1. The number of sulfonamides is 1. The molecule has 0 saturated heterocycles. The Bertz CT molecular complexity index is 1450. The molecule has 3 aromatic rings. The molecule has 208 valence electrons. The first kappa shape index (κ1) is 30.9. The molecule has 0 radical (unpaired) electrons. The van der Waals surface area contributed by atoms with Gasteiger partial charge in [-0.2, -0.15) is 0 Å². The van der Waals surface area contributed by atoms with E-state index >= 15 is 0 Å². The minimum absolute atomic E-state index is 0.00611. The van der Waals surface area contributed by atoms with Gasteiger partial charge in [0.05, 0.1) is 20.6 Å². The fourth-order valence-corrected chi connectivity index (χ4v) is 5.91. The Morgan fingerprint density at radius 2 is 1.62 bits per heavy atom. The number of carbonyl (C=O) groups excluding carboxylic acids is 2. The van der Waals surface area contributed by atoms with Crippen LogP contribution in [0.15, 0.2) is 82.2 Å². The summed E-state index contributed by atoms with van der Waals surface area (Å²) in [5.41, 5.74) is 0.388. The van der Waals surface area contributed by atoms with Crippen molar-refractivity contribution in [3.8, 4) is 0 Å². The Morgan fingerprint density at radius 3 is 2.21 bits per heavy atom. The zero-order chi connectivity index (χ0) is 29.0. The van der Waals surface area contributed by atoms with Crippen molar-refractivity contribution >= 4 is 66.7 Å². The maximum Gasteiger partial charge on any atom is 0.264 e. The van der Waals surface area contributed by atoms with Crippen LogP contribution < -0.4 is 9.62 Å². The van der Waals surface area contributed by atoms with Gasteiger partial charge in [0.15, 0.2) is 0 Å². The van der Waals surface area contributed by atoms with Crippen LogP contribution in [0.4, 0.5) is 5.69 Å². The van der Waals surface area contributed by atoms with Crippen molar-refractivity contribution in [2.24, 2.45) is 0 Å². The Hall–Kier alpha value is -2.59. The first-order chi connectivity index (χ1) is 18.2. The van der Waals surface area contributed by atoms with E-state index in [0.717, 1.165) is 4.31 Å². The Labute approximate surface area is 248 Å². The molecular weight excluding hydrogens is 625 g/mol. The zero-order valence-corrected chi connectivity index (χ0v) is 25.9. The summed E-state index contributed by atoms with van der Waals surface area (Å²) in [7, 11) is -4.13. The van der Waals surface area contributed by atoms with Crippen molar-refractivity contribution in [1.29, 1.82) is 0 Å². The van der Waals surface area contributed by atoms with Gasteiger partial charge >= 0.3 is 0 Å². The molecule has 1 atom stereocenters.